The molecule has 1 aromatic carbocycles. The summed E-state index contributed by atoms with van der Waals surface area (Å²) in [5, 5.41) is -1.43. The highest BCUT2D eigenvalue weighted by Gasteiger charge is 2.38. The summed E-state index contributed by atoms with van der Waals surface area (Å²) in [6.07, 6.45) is -0.476. The second-order valence-corrected chi connectivity index (χ2v) is 5.91. The standard InChI is InChI=1S/C11H10F3NO3S/c12-9-3-1-2-7(11(9)13)5-15-6-8(4-10(15)16)19(14,17)18/h1-3,8H,4-6H2. The molecule has 2 rings (SSSR count). The summed E-state index contributed by atoms with van der Waals surface area (Å²) in [5.74, 6) is -2.75. The van der Waals surface area contributed by atoms with Crippen LogP contribution in [-0.4, -0.2) is 31.0 Å². The number of amides is 1. The van der Waals surface area contributed by atoms with E-state index < -0.39 is 39.4 Å². The van der Waals surface area contributed by atoms with E-state index in [4.69, 9.17) is 0 Å². The van der Waals surface area contributed by atoms with Gasteiger partial charge in [0.2, 0.25) is 5.91 Å². The molecule has 104 valence electrons. The molecule has 0 bridgehead atoms. The molecule has 0 spiro atoms. The first-order valence-corrected chi connectivity index (χ1v) is 6.88. The van der Waals surface area contributed by atoms with Crippen molar-refractivity contribution in [2.45, 2.75) is 18.2 Å². The molecule has 1 amide bonds. The normalized spacial score (nSPS) is 20.1. The molecular weight excluding hydrogens is 283 g/mol. The van der Waals surface area contributed by atoms with Crippen LogP contribution >= 0.6 is 0 Å². The lowest BCUT2D eigenvalue weighted by Crippen LogP contribution is -2.27. The van der Waals surface area contributed by atoms with E-state index in [9.17, 15) is 25.9 Å². The molecule has 1 aliphatic heterocycles. The average Bonchev–Trinajstić information content (AvgIpc) is 2.67. The molecule has 1 atom stereocenters. The molecule has 1 aromatic rings. The molecular formula is C11H10F3NO3S. The number of hydrogen-bond acceptors (Lipinski definition) is 3. The fourth-order valence-corrected chi connectivity index (χ4v) is 2.65. The quantitative estimate of drug-likeness (QED) is 0.791. The summed E-state index contributed by atoms with van der Waals surface area (Å²) in [7, 11) is -4.81. The molecule has 0 N–H and O–H groups in total. The third kappa shape index (κ3) is 2.89. The monoisotopic (exact) mass is 293 g/mol. The molecule has 8 heteroatoms. The van der Waals surface area contributed by atoms with Crippen LogP contribution < -0.4 is 0 Å². The summed E-state index contributed by atoms with van der Waals surface area (Å²) in [4.78, 5) is 12.5. The maximum Gasteiger partial charge on any atom is 0.307 e. The number of likely N-dealkylation sites (tertiary alicyclic amines) is 1. The van der Waals surface area contributed by atoms with Crippen molar-refractivity contribution in [2.75, 3.05) is 6.54 Å². The van der Waals surface area contributed by atoms with Gasteiger partial charge in [0, 0.05) is 25.1 Å². The molecule has 0 radical (unpaired) electrons. The number of nitrogens with zero attached hydrogens (tertiary/aromatic N) is 1. The van der Waals surface area contributed by atoms with Crippen molar-refractivity contribution in [3.05, 3.63) is 35.4 Å². The molecule has 1 unspecified atom stereocenters. The Kier molecular flexibility index (Phi) is 3.53. The van der Waals surface area contributed by atoms with Crippen LogP contribution in [0.5, 0.6) is 0 Å². The molecule has 1 saturated heterocycles. The minimum absolute atomic E-state index is 0.0785. The molecule has 0 saturated carbocycles. The number of carbonyl (C=O) groups excluding carboxylic acids is 1. The highest BCUT2D eigenvalue weighted by Crippen LogP contribution is 2.22. The Hall–Kier alpha value is -1.57. The number of hydrogen-bond donors (Lipinski definition) is 0. The number of carbonyl (C=O) groups is 1. The van der Waals surface area contributed by atoms with Crippen LogP contribution in [0.1, 0.15) is 12.0 Å². The smallest absolute Gasteiger partial charge is 0.307 e. The number of halogens is 3. The minimum Gasteiger partial charge on any atom is -0.337 e. The van der Waals surface area contributed by atoms with Gasteiger partial charge in [0.15, 0.2) is 11.6 Å². The Balaban J connectivity index is 2.17. The van der Waals surface area contributed by atoms with Gasteiger partial charge >= 0.3 is 10.2 Å². The van der Waals surface area contributed by atoms with Gasteiger partial charge in [-0.15, -0.1) is 3.89 Å². The van der Waals surface area contributed by atoms with Gasteiger partial charge in [0.25, 0.3) is 0 Å². The van der Waals surface area contributed by atoms with Crippen molar-refractivity contribution >= 4 is 16.1 Å². The molecule has 1 heterocycles. The highest BCUT2D eigenvalue weighted by atomic mass is 32.3. The van der Waals surface area contributed by atoms with Crippen molar-refractivity contribution in [2.24, 2.45) is 0 Å². The Morgan fingerprint density at radius 1 is 1.32 bits per heavy atom. The van der Waals surface area contributed by atoms with Gasteiger partial charge in [-0.25, -0.2) is 8.78 Å². The largest absolute Gasteiger partial charge is 0.337 e. The van der Waals surface area contributed by atoms with Crippen molar-refractivity contribution in [3.8, 4) is 0 Å². The lowest BCUT2D eigenvalue weighted by atomic mass is 10.2. The van der Waals surface area contributed by atoms with Crippen molar-refractivity contribution in [3.63, 3.8) is 0 Å². The summed E-state index contributed by atoms with van der Waals surface area (Å²) >= 11 is 0. The van der Waals surface area contributed by atoms with Crippen LogP contribution in [0.4, 0.5) is 12.7 Å². The molecule has 0 aromatic heterocycles. The van der Waals surface area contributed by atoms with Crippen LogP contribution in [-0.2, 0) is 21.6 Å². The first-order chi connectivity index (χ1) is 8.79. The van der Waals surface area contributed by atoms with Gasteiger partial charge in [0.05, 0.1) is 0 Å². The van der Waals surface area contributed by atoms with E-state index >= 15 is 0 Å². The number of benzene rings is 1. The van der Waals surface area contributed by atoms with E-state index in [-0.39, 0.29) is 18.7 Å². The van der Waals surface area contributed by atoms with Crippen molar-refractivity contribution in [1.82, 2.24) is 4.90 Å². The lowest BCUT2D eigenvalue weighted by Gasteiger charge is -2.16. The van der Waals surface area contributed by atoms with Gasteiger partial charge in [-0.2, -0.15) is 8.42 Å². The second kappa shape index (κ2) is 4.84. The summed E-state index contributed by atoms with van der Waals surface area (Å²) in [6.45, 7) is -0.637. The fraction of sp³-hybridized carbons (Fsp3) is 0.364. The molecule has 1 aliphatic rings. The molecule has 1 fully saturated rings. The van der Waals surface area contributed by atoms with Crippen LogP contribution in [0.25, 0.3) is 0 Å². The van der Waals surface area contributed by atoms with Gasteiger partial charge in [-0.3, -0.25) is 4.79 Å². The van der Waals surface area contributed by atoms with Gasteiger partial charge in [0.1, 0.15) is 5.25 Å². The average molecular weight is 293 g/mol. The highest BCUT2D eigenvalue weighted by molar-refractivity contribution is 7.87. The lowest BCUT2D eigenvalue weighted by molar-refractivity contribution is -0.128. The van der Waals surface area contributed by atoms with Crippen LogP contribution in [0.15, 0.2) is 18.2 Å². The van der Waals surface area contributed by atoms with Crippen LogP contribution in [0.3, 0.4) is 0 Å². The van der Waals surface area contributed by atoms with E-state index in [0.717, 1.165) is 11.0 Å². The fourth-order valence-electron chi connectivity index (χ4n) is 1.95. The minimum atomic E-state index is -4.81. The zero-order chi connectivity index (χ0) is 14.2. The van der Waals surface area contributed by atoms with E-state index in [1.807, 2.05) is 0 Å². The Morgan fingerprint density at radius 3 is 2.58 bits per heavy atom. The van der Waals surface area contributed by atoms with Crippen LogP contribution in [0.2, 0.25) is 0 Å². The van der Waals surface area contributed by atoms with Crippen molar-refractivity contribution < 1.29 is 25.9 Å². The summed E-state index contributed by atoms with van der Waals surface area (Å²) < 4.78 is 60.6. The van der Waals surface area contributed by atoms with Gasteiger partial charge in [-0.1, -0.05) is 12.1 Å². The maximum atomic E-state index is 13.4. The number of rotatable bonds is 3. The molecule has 4 nitrogen and oxygen atoms in total. The van der Waals surface area contributed by atoms with Gasteiger partial charge < -0.3 is 4.90 Å². The third-order valence-electron chi connectivity index (χ3n) is 2.97. The summed E-state index contributed by atoms with van der Waals surface area (Å²) in [5.41, 5.74) is -0.0785. The molecule has 0 aliphatic carbocycles. The molecule has 19 heavy (non-hydrogen) atoms. The SMILES string of the molecule is O=C1CC(S(=O)(=O)F)CN1Cc1cccc(F)c1F. The van der Waals surface area contributed by atoms with E-state index in [1.54, 1.807) is 0 Å². The van der Waals surface area contributed by atoms with Crippen LogP contribution in [0, 0.1) is 11.6 Å². The topological polar surface area (TPSA) is 54.5 Å². The first kappa shape index (κ1) is 13.9. The Bertz CT molecular complexity index is 618. The van der Waals surface area contributed by atoms with E-state index in [1.165, 1.54) is 12.1 Å². The van der Waals surface area contributed by atoms with E-state index in [2.05, 4.69) is 0 Å². The predicted octanol–water partition coefficient (Wildman–Crippen LogP) is 1.36. The van der Waals surface area contributed by atoms with Gasteiger partial charge in [-0.05, 0) is 6.07 Å². The zero-order valence-corrected chi connectivity index (χ0v) is 10.5. The Morgan fingerprint density at radius 2 is 2.00 bits per heavy atom. The predicted molar refractivity (Wildman–Crippen MR) is 60.2 cm³/mol. The van der Waals surface area contributed by atoms with Crippen molar-refractivity contribution in [1.29, 1.82) is 0 Å². The third-order valence-corrected chi connectivity index (χ3v) is 4.08. The first-order valence-electron chi connectivity index (χ1n) is 5.43. The zero-order valence-electron chi connectivity index (χ0n) is 9.64. The second-order valence-electron chi connectivity index (χ2n) is 4.29. The summed E-state index contributed by atoms with van der Waals surface area (Å²) in [6, 6.07) is 3.49. The maximum absolute atomic E-state index is 13.4. The van der Waals surface area contributed by atoms with E-state index in [0.29, 0.717) is 0 Å². The Labute approximate surface area is 108 Å².